The zero-order valence-electron chi connectivity index (χ0n) is 8.98. The second-order valence-corrected chi connectivity index (χ2v) is 3.34. The first-order valence-electron chi connectivity index (χ1n) is 4.62. The number of phenolic OH excluding ortho intramolecular Hbond substituents is 1. The van der Waals surface area contributed by atoms with E-state index in [0.717, 1.165) is 0 Å². The van der Waals surface area contributed by atoms with Gasteiger partial charge in [0.15, 0.2) is 11.5 Å². The van der Waals surface area contributed by atoms with Crippen LogP contribution in [-0.4, -0.2) is 24.3 Å². The van der Waals surface area contributed by atoms with Gasteiger partial charge in [-0.2, -0.15) is 0 Å². The topological polar surface area (TPSA) is 55.8 Å². The highest BCUT2D eigenvalue weighted by atomic mass is 16.5. The predicted octanol–water partition coefficient (Wildman–Crippen LogP) is 1.97. The van der Waals surface area contributed by atoms with Crippen LogP contribution < -0.4 is 4.74 Å². The number of carbonyl (C=O) groups is 1. The van der Waals surface area contributed by atoms with Crippen LogP contribution in [-0.2, 0) is 4.74 Å². The Hall–Kier alpha value is -1.71. The highest BCUT2D eigenvalue weighted by Crippen LogP contribution is 2.26. The Labute approximate surface area is 88.4 Å². The molecule has 0 aliphatic carbocycles. The quantitative estimate of drug-likeness (QED) is 0.775. The number of hydrogen-bond acceptors (Lipinski definition) is 4. The smallest absolute Gasteiger partial charge is 0.338 e. The molecule has 1 rings (SSSR count). The van der Waals surface area contributed by atoms with Gasteiger partial charge in [-0.25, -0.2) is 4.79 Å². The Morgan fingerprint density at radius 3 is 2.53 bits per heavy atom. The minimum Gasteiger partial charge on any atom is -0.504 e. The van der Waals surface area contributed by atoms with Gasteiger partial charge in [-0.05, 0) is 32.0 Å². The Kier molecular flexibility index (Phi) is 3.55. The molecule has 82 valence electrons. The van der Waals surface area contributed by atoms with E-state index in [1.165, 1.54) is 19.2 Å². The van der Waals surface area contributed by atoms with Crippen molar-refractivity contribution in [2.75, 3.05) is 7.11 Å². The summed E-state index contributed by atoms with van der Waals surface area (Å²) in [6.07, 6.45) is -0.179. The van der Waals surface area contributed by atoms with E-state index in [2.05, 4.69) is 0 Å². The second-order valence-electron chi connectivity index (χ2n) is 3.34. The van der Waals surface area contributed by atoms with Crippen LogP contribution in [0.1, 0.15) is 24.2 Å². The molecular formula is C11H14O4. The lowest BCUT2D eigenvalue weighted by atomic mass is 10.2. The van der Waals surface area contributed by atoms with Gasteiger partial charge in [-0.3, -0.25) is 0 Å². The first-order valence-corrected chi connectivity index (χ1v) is 4.62. The van der Waals surface area contributed by atoms with E-state index >= 15 is 0 Å². The van der Waals surface area contributed by atoms with E-state index in [9.17, 15) is 9.90 Å². The third kappa shape index (κ3) is 2.87. The molecule has 0 fully saturated rings. The van der Waals surface area contributed by atoms with Crippen LogP contribution in [0.3, 0.4) is 0 Å². The van der Waals surface area contributed by atoms with E-state index in [4.69, 9.17) is 9.47 Å². The van der Waals surface area contributed by atoms with Gasteiger partial charge in [0.1, 0.15) is 0 Å². The molecule has 1 aromatic carbocycles. The van der Waals surface area contributed by atoms with Crippen LogP contribution in [0.4, 0.5) is 0 Å². The fraction of sp³-hybridized carbons (Fsp3) is 0.364. The summed E-state index contributed by atoms with van der Waals surface area (Å²) in [5, 5.41) is 9.44. The lowest BCUT2D eigenvalue weighted by molar-refractivity contribution is 0.0377. The second kappa shape index (κ2) is 4.68. The van der Waals surface area contributed by atoms with Crippen LogP contribution in [0.2, 0.25) is 0 Å². The summed E-state index contributed by atoms with van der Waals surface area (Å²) >= 11 is 0. The first-order chi connectivity index (χ1) is 7.04. The molecule has 0 bridgehead atoms. The SMILES string of the molecule is COc1ccc(C(=O)OC(C)C)cc1O. The maximum Gasteiger partial charge on any atom is 0.338 e. The molecule has 4 heteroatoms. The Balaban J connectivity index is 2.87. The van der Waals surface area contributed by atoms with Crippen molar-refractivity contribution in [2.45, 2.75) is 20.0 Å². The number of phenols is 1. The van der Waals surface area contributed by atoms with Crippen LogP contribution in [0.15, 0.2) is 18.2 Å². The van der Waals surface area contributed by atoms with Gasteiger partial charge < -0.3 is 14.6 Å². The number of methoxy groups -OCH3 is 1. The first kappa shape index (κ1) is 11.4. The Morgan fingerprint density at radius 2 is 2.07 bits per heavy atom. The zero-order valence-corrected chi connectivity index (χ0v) is 8.98. The summed E-state index contributed by atoms with van der Waals surface area (Å²) < 4.78 is 9.83. The van der Waals surface area contributed by atoms with Gasteiger partial charge >= 0.3 is 5.97 Å². The van der Waals surface area contributed by atoms with E-state index < -0.39 is 5.97 Å². The van der Waals surface area contributed by atoms with Crippen molar-refractivity contribution in [3.05, 3.63) is 23.8 Å². The molecule has 1 aromatic rings. The summed E-state index contributed by atoms with van der Waals surface area (Å²) in [4.78, 5) is 11.4. The lowest BCUT2D eigenvalue weighted by Crippen LogP contribution is -2.11. The molecule has 15 heavy (non-hydrogen) atoms. The summed E-state index contributed by atoms with van der Waals surface area (Å²) in [6.45, 7) is 3.53. The summed E-state index contributed by atoms with van der Waals surface area (Å²) in [5.74, 6) is -0.199. The van der Waals surface area contributed by atoms with Crippen molar-refractivity contribution in [3.63, 3.8) is 0 Å². The van der Waals surface area contributed by atoms with Crippen molar-refractivity contribution in [2.24, 2.45) is 0 Å². The molecular weight excluding hydrogens is 196 g/mol. The van der Waals surface area contributed by atoms with E-state index in [1.54, 1.807) is 19.9 Å². The molecule has 0 unspecified atom stereocenters. The molecule has 0 aromatic heterocycles. The summed E-state index contributed by atoms with van der Waals surface area (Å²) in [6, 6.07) is 4.39. The molecule has 0 radical (unpaired) electrons. The monoisotopic (exact) mass is 210 g/mol. The highest BCUT2D eigenvalue weighted by molar-refractivity contribution is 5.90. The maximum atomic E-state index is 11.4. The van der Waals surface area contributed by atoms with Crippen molar-refractivity contribution in [3.8, 4) is 11.5 Å². The van der Waals surface area contributed by atoms with Crippen LogP contribution in [0.5, 0.6) is 11.5 Å². The fourth-order valence-corrected chi connectivity index (χ4v) is 1.10. The molecule has 0 saturated carbocycles. The lowest BCUT2D eigenvalue weighted by Gasteiger charge is -2.09. The largest absolute Gasteiger partial charge is 0.504 e. The van der Waals surface area contributed by atoms with Gasteiger partial charge in [0, 0.05) is 0 Å². The van der Waals surface area contributed by atoms with Gasteiger partial charge in [-0.1, -0.05) is 0 Å². The number of carbonyl (C=O) groups excluding carboxylic acids is 1. The number of rotatable bonds is 3. The highest BCUT2D eigenvalue weighted by Gasteiger charge is 2.11. The van der Waals surface area contributed by atoms with Gasteiger partial charge in [0.25, 0.3) is 0 Å². The van der Waals surface area contributed by atoms with Crippen LogP contribution >= 0.6 is 0 Å². The molecule has 0 atom stereocenters. The molecule has 0 aliphatic heterocycles. The minimum atomic E-state index is -0.456. The van der Waals surface area contributed by atoms with Gasteiger partial charge in [0.05, 0.1) is 18.8 Å². The molecule has 1 N–H and O–H groups in total. The predicted molar refractivity (Wildman–Crippen MR) is 55.2 cm³/mol. The molecule has 0 heterocycles. The number of hydrogen-bond donors (Lipinski definition) is 1. The number of ether oxygens (including phenoxy) is 2. The van der Waals surface area contributed by atoms with Crippen molar-refractivity contribution < 1.29 is 19.4 Å². The summed E-state index contributed by atoms with van der Waals surface area (Å²) in [7, 11) is 1.45. The minimum absolute atomic E-state index is 0.0734. The number of benzene rings is 1. The van der Waals surface area contributed by atoms with E-state index in [1.807, 2.05) is 0 Å². The molecule has 4 nitrogen and oxygen atoms in total. The molecule has 0 saturated heterocycles. The molecule has 0 aliphatic rings. The zero-order chi connectivity index (χ0) is 11.4. The Bertz CT molecular complexity index is 358. The van der Waals surface area contributed by atoms with E-state index in [0.29, 0.717) is 11.3 Å². The maximum absolute atomic E-state index is 11.4. The number of esters is 1. The van der Waals surface area contributed by atoms with Gasteiger partial charge in [-0.15, -0.1) is 0 Å². The van der Waals surface area contributed by atoms with Crippen molar-refractivity contribution in [1.29, 1.82) is 0 Å². The number of aromatic hydroxyl groups is 1. The van der Waals surface area contributed by atoms with Crippen molar-refractivity contribution >= 4 is 5.97 Å². The van der Waals surface area contributed by atoms with Crippen LogP contribution in [0, 0.1) is 0 Å². The van der Waals surface area contributed by atoms with Crippen LogP contribution in [0.25, 0.3) is 0 Å². The molecule has 0 amide bonds. The van der Waals surface area contributed by atoms with E-state index in [-0.39, 0.29) is 11.9 Å². The third-order valence-electron chi connectivity index (χ3n) is 1.76. The molecule has 0 spiro atoms. The third-order valence-corrected chi connectivity index (χ3v) is 1.76. The Morgan fingerprint density at radius 1 is 1.40 bits per heavy atom. The normalized spacial score (nSPS) is 10.1. The standard InChI is InChI=1S/C11H14O4/c1-7(2)15-11(13)8-4-5-10(14-3)9(12)6-8/h4-7,12H,1-3H3. The average molecular weight is 210 g/mol. The fourth-order valence-electron chi connectivity index (χ4n) is 1.10. The van der Waals surface area contributed by atoms with Crippen molar-refractivity contribution in [1.82, 2.24) is 0 Å². The van der Waals surface area contributed by atoms with Gasteiger partial charge in [0.2, 0.25) is 0 Å². The average Bonchev–Trinajstić information content (AvgIpc) is 2.16. The summed E-state index contributed by atoms with van der Waals surface area (Å²) in [5.41, 5.74) is 0.307.